The Labute approximate surface area is 165 Å². The van der Waals surface area contributed by atoms with Crippen molar-refractivity contribution < 1.29 is 26.7 Å². The van der Waals surface area contributed by atoms with Crippen molar-refractivity contribution in [3.05, 3.63) is 42.2 Å². The topological polar surface area (TPSA) is 72.5 Å². The minimum Gasteiger partial charge on any atom is -0.469 e. The maximum atomic E-state index is 14.2. The molecule has 28 heavy (non-hydrogen) atoms. The number of nitrogens with one attached hydrogen (secondary N) is 1. The molecule has 1 aliphatic rings. The fourth-order valence-electron chi connectivity index (χ4n) is 3.44. The zero-order valence-corrected chi connectivity index (χ0v) is 16.8. The number of unbranched alkanes of at least 4 members (excludes halogenated alkanes) is 1. The lowest BCUT2D eigenvalue weighted by Gasteiger charge is -2.20. The molecule has 0 aromatic heterocycles. The van der Waals surface area contributed by atoms with Crippen LogP contribution in [0.3, 0.4) is 0 Å². The fraction of sp³-hybridized carbons (Fsp3) is 0.550. The van der Waals surface area contributed by atoms with E-state index in [1.165, 1.54) is 19.2 Å². The number of benzene rings is 1. The van der Waals surface area contributed by atoms with Gasteiger partial charge < -0.3 is 4.74 Å². The van der Waals surface area contributed by atoms with Crippen LogP contribution in [-0.2, 0) is 19.6 Å². The van der Waals surface area contributed by atoms with Crippen LogP contribution in [0.15, 0.2) is 41.3 Å². The smallest absolute Gasteiger partial charge is 0.305 e. The van der Waals surface area contributed by atoms with Crippen molar-refractivity contribution in [3.63, 3.8) is 0 Å². The third kappa shape index (κ3) is 6.67. The van der Waals surface area contributed by atoms with E-state index >= 15 is 0 Å². The lowest BCUT2D eigenvalue weighted by atomic mass is 9.92. The summed E-state index contributed by atoms with van der Waals surface area (Å²) in [4.78, 5) is 11.0. The summed E-state index contributed by atoms with van der Waals surface area (Å²) < 4.78 is 58.9. The van der Waals surface area contributed by atoms with Crippen molar-refractivity contribution in [2.24, 2.45) is 11.8 Å². The summed E-state index contributed by atoms with van der Waals surface area (Å²) in [5, 5.41) is 0. The van der Waals surface area contributed by atoms with Gasteiger partial charge in [0, 0.05) is 13.0 Å². The van der Waals surface area contributed by atoms with E-state index in [1.807, 2.05) is 12.2 Å². The Morgan fingerprint density at radius 3 is 2.64 bits per heavy atom. The van der Waals surface area contributed by atoms with Gasteiger partial charge in [-0.15, -0.1) is 0 Å². The van der Waals surface area contributed by atoms with Crippen molar-refractivity contribution in [2.45, 2.75) is 49.6 Å². The average molecular weight is 416 g/mol. The van der Waals surface area contributed by atoms with E-state index in [0.29, 0.717) is 38.5 Å². The predicted octanol–water partition coefficient (Wildman–Crippen LogP) is 3.76. The number of methoxy groups -OCH3 is 1. The van der Waals surface area contributed by atoms with Gasteiger partial charge in [-0.05, 0) is 68.2 Å². The summed E-state index contributed by atoms with van der Waals surface area (Å²) in [6, 6.07) is 4.60. The first kappa shape index (κ1) is 22.5. The number of halogens is 2. The first-order valence-electron chi connectivity index (χ1n) is 9.44. The van der Waals surface area contributed by atoms with E-state index in [9.17, 15) is 22.0 Å². The third-order valence-corrected chi connectivity index (χ3v) is 6.54. The number of hydrogen-bond acceptors (Lipinski definition) is 4. The summed E-state index contributed by atoms with van der Waals surface area (Å²) in [7, 11) is -2.40. The van der Waals surface area contributed by atoms with Crippen molar-refractivity contribution >= 4 is 16.0 Å². The Bertz CT molecular complexity index is 765. The van der Waals surface area contributed by atoms with Gasteiger partial charge >= 0.3 is 5.97 Å². The molecular formula is C20H27F2NO4S. The molecule has 156 valence electrons. The second-order valence-electron chi connectivity index (χ2n) is 7.00. The SMILES string of the molecule is COC(=O)CCC/C=C\C[C@@H]1[C@@H](CNS(=O)(=O)c2ccc(F)cc2)CC[C@H]1F. The number of carbonyl (C=O) groups is 1. The van der Waals surface area contributed by atoms with Gasteiger partial charge in [-0.25, -0.2) is 21.9 Å². The maximum absolute atomic E-state index is 14.2. The Kier molecular flexibility index (Phi) is 8.57. The first-order chi connectivity index (χ1) is 13.3. The number of esters is 1. The van der Waals surface area contributed by atoms with Gasteiger partial charge in [-0.1, -0.05) is 12.2 Å². The quantitative estimate of drug-likeness (QED) is 0.359. The average Bonchev–Trinajstić information content (AvgIpc) is 3.02. The van der Waals surface area contributed by atoms with Crippen molar-refractivity contribution in [1.29, 1.82) is 0 Å². The van der Waals surface area contributed by atoms with E-state index in [2.05, 4.69) is 9.46 Å². The molecule has 0 saturated heterocycles. The second-order valence-corrected chi connectivity index (χ2v) is 8.77. The lowest BCUT2D eigenvalue weighted by molar-refractivity contribution is -0.140. The molecule has 5 nitrogen and oxygen atoms in total. The van der Waals surface area contributed by atoms with Gasteiger partial charge in [0.2, 0.25) is 10.0 Å². The number of carbonyl (C=O) groups excluding carboxylic acids is 1. The van der Waals surface area contributed by atoms with Crippen LogP contribution in [0.25, 0.3) is 0 Å². The normalized spacial score (nSPS) is 22.6. The molecule has 3 atom stereocenters. The molecule has 0 bridgehead atoms. The molecular weight excluding hydrogens is 388 g/mol. The highest BCUT2D eigenvalue weighted by Gasteiger charge is 2.35. The first-order valence-corrected chi connectivity index (χ1v) is 10.9. The van der Waals surface area contributed by atoms with Crippen LogP contribution in [0.1, 0.15) is 38.5 Å². The van der Waals surface area contributed by atoms with Gasteiger partial charge in [0.25, 0.3) is 0 Å². The molecule has 0 unspecified atom stereocenters. The van der Waals surface area contributed by atoms with Crippen LogP contribution in [0.2, 0.25) is 0 Å². The minimum atomic E-state index is -3.75. The summed E-state index contributed by atoms with van der Waals surface area (Å²) in [6.07, 6.45) is 6.17. The highest BCUT2D eigenvalue weighted by molar-refractivity contribution is 7.89. The number of ether oxygens (including phenoxy) is 1. The minimum absolute atomic E-state index is 0.00857. The number of rotatable bonds is 10. The number of allylic oxidation sites excluding steroid dienone is 2. The molecule has 0 radical (unpaired) electrons. The summed E-state index contributed by atoms with van der Waals surface area (Å²) in [5.74, 6) is -1.09. The predicted molar refractivity (Wildman–Crippen MR) is 102 cm³/mol. The molecule has 8 heteroatoms. The van der Waals surface area contributed by atoms with Crippen LogP contribution in [0, 0.1) is 17.7 Å². The summed E-state index contributed by atoms with van der Waals surface area (Å²) >= 11 is 0. The largest absolute Gasteiger partial charge is 0.469 e. The number of sulfonamides is 1. The number of hydrogen-bond donors (Lipinski definition) is 1. The van der Waals surface area contributed by atoms with E-state index in [4.69, 9.17) is 0 Å². The van der Waals surface area contributed by atoms with Crippen molar-refractivity contribution in [2.75, 3.05) is 13.7 Å². The van der Waals surface area contributed by atoms with E-state index in [-0.39, 0.29) is 29.2 Å². The van der Waals surface area contributed by atoms with Crippen molar-refractivity contribution in [3.8, 4) is 0 Å². The molecule has 0 aliphatic heterocycles. The summed E-state index contributed by atoms with van der Waals surface area (Å²) in [6.45, 7) is 0.154. The highest BCUT2D eigenvalue weighted by atomic mass is 32.2. The van der Waals surface area contributed by atoms with Crippen LogP contribution in [0.4, 0.5) is 8.78 Å². The molecule has 0 heterocycles. The Balaban J connectivity index is 1.83. The van der Waals surface area contributed by atoms with Crippen LogP contribution >= 0.6 is 0 Å². The van der Waals surface area contributed by atoms with Gasteiger partial charge in [-0.3, -0.25) is 4.79 Å². The lowest BCUT2D eigenvalue weighted by Crippen LogP contribution is -2.32. The highest BCUT2D eigenvalue weighted by Crippen LogP contribution is 2.36. The van der Waals surface area contributed by atoms with E-state index in [0.717, 1.165) is 12.1 Å². The van der Waals surface area contributed by atoms with Gasteiger partial charge in [0.1, 0.15) is 12.0 Å². The van der Waals surface area contributed by atoms with Crippen LogP contribution < -0.4 is 4.72 Å². The zero-order chi connectivity index (χ0) is 20.6. The Morgan fingerprint density at radius 1 is 1.25 bits per heavy atom. The summed E-state index contributed by atoms with van der Waals surface area (Å²) in [5.41, 5.74) is 0. The standard InChI is InChI=1S/C20H27F2NO4S/c1-27-20(24)7-5-3-2-4-6-18-15(8-13-19(18)22)14-23-28(25,26)17-11-9-16(21)10-12-17/h2,4,9-12,15,18-19,23H,3,5-8,13-14H2,1H3/b4-2-/t15-,18-,19-/m1/s1. The van der Waals surface area contributed by atoms with Gasteiger partial charge in [0.15, 0.2) is 0 Å². The van der Waals surface area contributed by atoms with Gasteiger partial charge in [0.05, 0.1) is 12.0 Å². The molecule has 1 aliphatic carbocycles. The van der Waals surface area contributed by atoms with Gasteiger partial charge in [-0.2, -0.15) is 0 Å². The Morgan fingerprint density at radius 2 is 1.96 bits per heavy atom. The maximum Gasteiger partial charge on any atom is 0.305 e. The second kappa shape index (κ2) is 10.7. The molecule has 1 aromatic rings. The van der Waals surface area contributed by atoms with E-state index in [1.54, 1.807) is 0 Å². The molecule has 0 amide bonds. The van der Waals surface area contributed by atoms with Crippen LogP contribution in [-0.4, -0.2) is 34.2 Å². The fourth-order valence-corrected chi connectivity index (χ4v) is 4.54. The molecule has 1 saturated carbocycles. The molecule has 1 fully saturated rings. The molecule has 2 rings (SSSR count). The zero-order valence-electron chi connectivity index (χ0n) is 15.9. The number of alkyl halides is 1. The van der Waals surface area contributed by atoms with E-state index < -0.39 is 22.0 Å². The van der Waals surface area contributed by atoms with Crippen molar-refractivity contribution in [1.82, 2.24) is 4.72 Å². The molecule has 1 aromatic carbocycles. The third-order valence-electron chi connectivity index (χ3n) is 5.10. The molecule has 0 spiro atoms. The Hall–Kier alpha value is -1.80. The molecule has 1 N–H and O–H groups in total. The van der Waals surface area contributed by atoms with Crippen LogP contribution in [0.5, 0.6) is 0 Å². The monoisotopic (exact) mass is 415 g/mol.